The number of hydrogen-bond donors (Lipinski definition) is 1. The molecule has 0 atom stereocenters. The van der Waals surface area contributed by atoms with Gasteiger partial charge in [-0.15, -0.1) is 0 Å². The van der Waals surface area contributed by atoms with Gasteiger partial charge in [-0.05, 0) is 39.6 Å². The number of carbonyl (C=O) groups is 1. The van der Waals surface area contributed by atoms with Gasteiger partial charge in [0.05, 0.1) is 37.1 Å². The number of ether oxygens (including phenoxy) is 1. The molecule has 0 radical (unpaired) electrons. The number of aromatic nitrogens is 4. The number of esters is 1. The topological polar surface area (TPSA) is 115 Å². The minimum absolute atomic E-state index is 0.00736. The van der Waals surface area contributed by atoms with Crippen LogP contribution in [0.4, 0.5) is 8.78 Å². The standard InChI is InChI=1S/C22H22F2N6O3/c1-12(28-20(31)18(25-4)22(2,3)21(32)33-5)17-15-8-14(23)9-27-19(15)30(29-17)11-13-6-7-26-10-16(13)24/h6-10,31H,4,11H2,1-3,5H3/b20-18+,28-12?. The summed E-state index contributed by atoms with van der Waals surface area (Å²) in [6.07, 6.45) is 3.55. The van der Waals surface area contributed by atoms with Crippen molar-refractivity contribution in [3.8, 4) is 0 Å². The zero-order chi connectivity index (χ0) is 24.3. The van der Waals surface area contributed by atoms with Crippen molar-refractivity contribution < 1.29 is 23.4 Å². The van der Waals surface area contributed by atoms with Crippen LogP contribution in [0.5, 0.6) is 0 Å². The third-order valence-electron chi connectivity index (χ3n) is 5.00. The van der Waals surface area contributed by atoms with E-state index in [1.165, 1.54) is 50.9 Å². The van der Waals surface area contributed by atoms with Crippen LogP contribution < -0.4 is 0 Å². The van der Waals surface area contributed by atoms with Crippen LogP contribution >= 0.6 is 0 Å². The molecular weight excluding hydrogens is 434 g/mol. The first-order chi connectivity index (χ1) is 15.6. The SMILES string of the molecule is C=N/C(=C(/O)N=C(C)c1nn(Cc2ccncc2F)c2ncc(F)cc12)C(C)(C)C(=O)OC. The highest BCUT2D eigenvalue weighted by molar-refractivity contribution is 6.07. The highest BCUT2D eigenvalue weighted by Crippen LogP contribution is 2.31. The second kappa shape index (κ2) is 9.23. The predicted octanol–water partition coefficient (Wildman–Crippen LogP) is 3.59. The molecule has 0 spiro atoms. The molecule has 0 aromatic carbocycles. The van der Waals surface area contributed by atoms with E-state index in [0.29, 0.717) is 10.9 Å². The molecule has 1 N–H and O–H groups in total. The summed E-state index contributed by atoms with van der Waals surface area (Å²) in [5.41, 5.74) is -0.461. The van der Waals surface area contributed by atoms with E-state index in [9.17, 15) is 18.7 Å². The monoisotopic (exact) mass is 456 g/mol. The van der Waals surface area contributed by atoms with Gasteiger partial charge >= 0.3 is 5.97 Å². The second-order valence-electron chi connectivity index (χ2n) is 7.64. The zero-order valence-corrected chi connectivity index (χ0v) is 18.5. The molecule has 0 unspecified atom stereocenters. The summed E-state index contributed by atoms with van der Waals surface area (Å²) in [6, 6.07) is 2.72. The molecule has 0 saturated heterocycles. The molecule has 33 heavy (non-hydrogen) atoms. The van der Waals surface area contributed by atoms with E-state index in [1.54, 1.807) is 0 Å². The number of halogens is 2. The Hall–Kier alpha value is -4.02. The number of methoxy groups -OCH3 is 1. The predicted molar refractivity (Wildman–Crippen MR) is 118 cm³/mol. The first-order valence-corrected chi connectivity index (χ1v) is 9.75. The fraction of sp³-hybridized carbons (Fsp3) is 0.273. The smallest absolute Gasteiger partial charge is 0.317 e. The van der Waals surface area contributed by atoms with Crippen LogP contribution in [0.2, 0.25) is 0 Å². The molecule has 0 aliphatic heterocycles. The molecule has 3 rings (SSSR count). The van der Waals surface area contributed by atoms with Gasteiger partial charge in [-0.25, -0.2) is 23.4 Å². The van der Waals surface area contributed by atoms with E-state index in [4.69, 9.17) is 4.74 Å². The lowest BCUT2D eigenvalue weighted by molar-refractivity contribution is -0.148. The molecule has 11 heteroatoms. The van der Waals surface area contributed by atoms with Crippen molar-refractivity contribution in [2.24, 2.45) is 15.4 Å². The van der Waals surface area contributed by atoms with Gasteiger partial charge in [-0.1, -0.05) is 0 Å². The van der Waals surface area contributed by atoms with Crippen molar-refractivity contribution in [2.45, 2.75) is 27.3 Å². The van der Waals surface area contributed by atoms with Crippen molar-refractivity contribution in [3.05, 3.63) is 65.2 Å². The Morgan fingerprint density at radius 1 is 1.33 bits per heavy atom. The Bertz CT molecular complexity index is 1300. The number of rotatable bonds is 7. The summed E-state index contributed by atoms with van der Waals surface area (Å²) in [5.74, 6) is -2.36. The molecule has 0 aliphatic rings. The van der Waals surface area contributed by atoms with Crippen LogP contribution in [0, 0.1) is 17.0 Å². The Morgan fingerprint density at radius 3 is 2.70 bits per heavy atom. The Labute approximate surface area is 188 Å². The summed E-state index contributed by atoms with van der Waals surface area (Å²) in [5, 5.41) is 15.3. The average Bonchev–Trinajstić information content (AvgIpc) is 3.12. The Balaban J connectivity index is 2.13. The molecule has 0 aliphatic carbocycles. The van der Waals surface area contributed by atoms with Gasteiger partial charge in [0.25, 0.3) is 0 Å². The minimum Gasteiger partial charge on any atom is -0.492 e. The van der Waals surface area contributed by atoms with Crippen LogP contribution in [0.3, 0.4) is 0 Å². The van der Waals surface area contributed by atoms with Crippen molar-refractivity contribution in [3.63, 3.8) is 0 Å². The summed E-state index contributed by atoms with van der Waals surface area (Å²) < 4.78 is 34.2. The van der Waals surface area contributed by atoms with Crippen LogP contribution in [-0.2, 0) is 16.1 Å². The molecule has 0 amide bonds. The van der Waals surface area contributed by atoms with Gasteiger partial charge in [0.15, 0.2) is 5.65 Å². The first kappa shape index (κ1) is 23.6. The second-order valence-corrected chi connectivity index (χ2v) is 7.64. The number of aliphatic imine (C=N–C) groups is 2. The quantitative estimate of drug-likeness (QED) is 0.330. The number of nitrogens with zero attached hydrogens (tertiary/aromatic N) is 6. The molecule has 3 aromatic rings. The lowest BCUT2D eigenvalue weighted by Gasteiger charge is -2.21. The third-order valence-corrected chi connectivity index (χ3v) is 5.00. The molecule has 0 fully saturated rings. The molecule has 0 saturated carbocycles. The molecule has 0 bridgehead atoms. The van der Waals surface area contributed by atoms with E-state index < -0.39 is 28.9 Å². The maximum atomic E-state index is 14.1. The highest BCUT2D eigenvalue weighted by Gasteiger charge is 2.36. The molecule has 172 valence electrons. The molecule has 3 heterocycles. The number of pyridine rings is 2. The third kappa shape index (κ3) is 4.61. The van der Waals surface area contributed by atoms with E-state index >= 15 is 0 Å². The van der Waals surface area contributed by atoms with Crippen LogP contribution in [0.25, 0.3) is 11.0 Å². The Morgan fingerprint density at radius 2 is 2.06 bits per heavy atom. The number of hydrogen-bond acceptors (Lipinski definition) is 8. The lowest BCUT2D eigenvalue weighted by atomic mass is 9.89. The summed E-state index contributed by atoms with van der Waals surface area (Å²) in [7, 11) is 1.21. The van der Waals surface area contributed by atoms with E-state index in [1.807, 2.05) is 0 Å². The largest absolute Gasteiger partial charge is 0.492 e. The number of aliphatic hydroxyl groups excluding tert-OH is 1. The number of aliphatic hydroxyl groups is 1. The normalized spacial score (nSPS) is 13.1. The summed E-state index contributed by atoms with van der Waals surface area (Å²) in [4.78, 5) is 27.8. The van der Waals surface area contributed by atoms with Gasteiger partial charge in [0, 0.05) is 11.8 Å². The van der Waals surface area contributed by atoms with Gasteiger partial charge < -0.3 is 9.84 Å². The maximum absolute atomic E-state index is 14.1. The van der Waals surface area contributed by atoms with E-state index in [-0.39, 0.29) is 29.3 Å². The molecule has 9 nitrogen and oxygen atoms in total. The van der Waals surface area contributed by atoms with Gasteiger partial charge in [-0.3, -0.25) is 14.8 Å². The van der Waals surface area contributed by atoms with Gasteiger partial charge in [0.2, 0.25) is 5.88 Å². The first-order valence-electron chi connectivity index (χ1n) is 9.75. The van der Waals surface area contributed by atoms with Crippen LogP contribution in [0.15, 0.2) is 52.3 Å². The molecular formula is C22H22F2N6O3. The van der Waals surface area contributed by atoms with Crippen LogP contribution in [0.1, 0.15) is 32.0 Å². The lowest BCUT2D eigenvalue weighted by Crippen LogP contribution is -2.28. The average molecular weight is 456 g/mol. The summed E-state index contributed by atoms with van der Waals surface area (Å²) >= 11 is 0. The fourth-order valence-electron chi connectivity index (χ4n) is 3.27. The number of carbonyl (C=O) groups excluding carboxylic acids is 1. The zero-order valence-electron chi connectivity index (χ0n) is 18.5. The van der Waals surface area contributed by atoms with Crippen molar-refractivity contribution in [1.82, 2.24) is 19.7 Å². The summed E-state index contributed by atoms with van der Waals surface area (Å²) in [6.45, 7) is 7.94. The van der Waals surface area contributed by atoms with Crippen molar-refractivity contribution in [2.75, 3.05) is 7.11 Å². The number of fused-ring (bicyclic) bond motifs is 1. The fourth-order valence-corrected chi connectivity index (χ4v) is 3.27. The highest BCUT2D eigenvalue weighted by atomic mass is 19.1. The van der Waals surface area contributed by atoms with Crippen molar-refractivity contribution in [1.29, 1.82) is 0 Å². The van der Waals surface area contributed by atoms with Crippen molar-refractivity contribution >= 4 is 29.4 Å². The van der Waals surface area contributed by atoms with Crippen LogP contribution in [-0.4, -0.2) is 50.4 Å². The van der Waals surface area contributed by atoms with Gasteiger partial charge in [-0.2, -0.15) is 5.10 Å². The van der Waals surface area contributed by atoms with Gasteiger partial charge in [0.1, 0.15) is 28.4 Å². The maximum Gasteiger partial charge on any atom is 0.317 e. The Kier molecular flexibility index (Phi) is 6.61. The molecule has 3 aromatic heterocycles. The minimum atomic E-state index is -1.33. The van der Waals surface area contributed by atoms with E-state index in [0.717, 1.165) is 12.4 Å². The van der Waals surface area contributed by atoms with E-state index in [2.05, 4.69) is 31.8 Å².